The van der Waals surface area contributed by atoms with Crippen molar-refractivity contribution in [1.29, 1.82) is 0 Å². The van der Waals surface area contributed by atoms with Crippen LogP contribution in [0.5, 0.6) is 0 Å². The molecule has 0 aliphatic rings. The van der Waals surface area contributed by atoms with Crippen molar-refractivity contribution in [2.24, 2.45) is 0 Å². The van der Waals surface area contributed by atoms with Crippen LogP contribution in [0.15, 0.2) is 66.2 Å². The van der Waals surface area contributed by atoms with E-state index in [0.29, 0.717) is 5.56 Å². The van der Waals surface area contributed by atoms with Gasteiger partial charge < -0.3 is 5.32 Å². The number of carbonyl (C=O) groups excluding carboxylic acids is 1. The van der Waals surface area contributed by atoms with E-state index >= 15 is 0 Å². The van der Waals surface area contributed by atoms with Crippen LogP contribution in [0.3, 0.4) is 0 Å². The molecule has 0 bridgehead atoms. The molecule has 2 nitrogen and oxygen atoms in total. The van der Waals surface area contributed by atoms with Crippen LogP contribution >= 0.6 is 0 Å². The highest BCUT2D eigenvalue weighted by Crippen LogP contribution is 2.10. The summed E-state index contributed by atoms with van der Waals surface area (Å²) in [7, 11) is 0. The fourth-order valence-corrected chi connectivity index (χ4v) is 1.92. The fraction of sp³-hybridized carbons (Fsp3) is 0.167. The molecular weight excluding hydrogens is 246 g/mol. The molecule has 1 N–H and O–H groups in total. The number of amides is 1. The Morgan fingerprint density at radius 1 is 1.00 bits per heavy atom. The van der Waals surface area contributed by atoms with Crippen molar-refractivity contribution < 1.29 is 4.79 Å². The predicted molar refractivity (Wildman–Crippen MR) is 83.5 cm³/mol. The predicted octanol–water partition coefficient (Wildman–Crippen LogP) is 3.91. The molecule has 0 saturated heterocycles. The summed E-state index contributed by atoms with van der Waals surface area (Å²) in [5.41, 5.74) is 2.96. The Balaban J connectivity index is 2.03. The summed E-state index contributed by atoms with van der Waals surface area (Å²) in [6.45, 7) is 4.03. The molecule has 0 aliphatic heterocycles. The normalized spacial score (nSPS) is 12.8. The van der Waals surface area contributed by atoms with Gasteiger partial charge in [0, 0.05) is 11.6 Å². The third-order valence-corrected chi connectivity index (χ3v) is 3.26. The van der Waals surface area contributed by atoms with Crippen molar-refractivity contribution in [3.05, 3.63) is 77.4 Å². The second-order valence-electron chi connectivity index (χ2n) is 4.86. The quantitative estimate of drug-likeness (QED) is 0.892. The van der Waals surface area contributed by atoms with Crippen molar-refractivity contribution in [2.75, 3.05) is 0 Å². The third kappa shape index (κ3) is 3.82. The zero-order valence-corrected chi connectivity index (χ0v) is 11.8. The fourth-order valence-electron chi connectivity index (χ4n) is 1.92. The number of nitrogens with one attached hydrogen (secondary N) is 1. The highest BCUT2D eigenvalue weighted by molar-refractivity contribution is 5.94. The first kappa shape index (κ1) is 14.1. The van der Waals surface area contributed by atoms with Crippen LogP contribution in [0.2, 0.25) is 0 Å². The number of carbonyl (C=O) groups is 1. The van der Waals surface area contributed by atoms with Crippen LogP contribution < -0.4 is 5.32 Å². The molecule has 0 fully saturated rings. The van der Waals surface area contributed by atoms with Crippen LogP contribution in [0, 0.1) is 0 Å². The largest absolute Gasteiger partial charge is 0.346 e. The number of hydrogen-bond donors (Lipinski definition) is 1. The maximum atomic E-state index is 12.1. The Morgan fingerprint density at radius 2 is 1.55 bits per heavy atom. The molecule has 0 radical (unpaired) electrons. The van der Waals surface area contributed by atoms with Crippen molar-refractivity contribution >= 4 is 12.0 Å². The summed E-state index contributed by atoms with van der Waals surface area (Å²) < 4.78 is 0. The summed E-state index contributed by atoms with van der Waals surface area (Å²) >= 11 is 0. The SMILES string of the molecule is C/C(=C\c1ccccc1)[C@@H](C)NC(=O)c1ccccc1. The van der Waals surface area contributed by atoms with Crippen LogP contribution in [0.1, 0.15) is 29.8 Å². The number of rotatable bonds is 4. The zero-order valence-electron chi connectivity index (χ0n) is 11.8. The van der Waals surface area contributed by atoms with Gasteiger partial charge in [0.1, 0.15) is 0 Å². The first-order valence-corrected chi connectivity index (χ1v) is 6.76. The van der Waals surface area contributed by atoms with Crippen molar-refractivity contribution in [3.63, 3.8) is 0 Å². The van der Waals surface area contributed by atoms with Gasteiger partial charge in [0.25, 0.3) is 5.91 Å². The lowest BCUT2D eigenvalue weighted by Gasteiger charge is -2.15. The van der Waals surface area contributed by atoms with Crippen LogP contribution in [-0.4, -0.2) is 11.9 Å². The van der Waals surface area contributed by atoms with Gasteiger partial charge in [-0.25, -0.2) is 0 Å². The molecule has 2 rings (SSSR count). The molecule has 2 aromatic rings. The van der Waals surface area contributed by atoms with Crippen LogP contribution in [0.25, 0.3) is 6.08 Å². The summed E-state index contributed by atoms with van der Waals surface area (Å²) in [6.07, 6.45) is 2.09. The second-order valence-corrected chi connectivity index (χ2v) is 4.86. The smallest absolute Gasteiger partial charge is 0.251 e. The molecule has 0 unspecified atom stereocenters. The Morgan fingerprint density at radius 3 is 2.15 bits per heavy atom. The van der Waals surface area contributed by atoms with Crippen molar-refractivity contribution in [1.82, 2.24) is 5.32 Å². The minimum Gasteiger partial charge on any atom is -0.346 e. The van der Waals surface area contributed by atoms with Gasteiger partial charge in [0.15, 0.2) is 0 Å². The maximum absolute atomic E-state index is 12.1. The van der Waals surface area contributed by atoms with E-state index in [1.54, 1.807) is 0 Å². The molecule has 0 heterocycles. The van der Waals surface area contributed by atoms with Gasteiger partial charge in [-0.05, 0) is 31.5 Å². The molecule has 0 aromatic heterocycles. The highest BCUT2D eigenvalue weighted by atomic mass is 16.1. The maximum Gasteiger partial charge on any atom is 0.251 e. The lowest BCUT2D eigenvalue weighted by atomic mass is 10.1. The van der Waals surface area contributed by atoms with Gasteiger partial charge in [-0.2, -0.15) is 0 Å². The average molecular weight is 265 g/mol. The topological polar surface area (TPSA) is 29.1 Å². The van der Waals surface area contributed by atoms with E-state index in [0.717, 1.165) is 11.1 Å². The minimum atomic E-state index is -0.0427. The van der Waals surface area contributed by atoms with Crippen molar-refractivity contribution in [2.45, 2.75) is 19.9 Å². The Kier molecular flexibility index (Phi) is 4.72. The standard InChI is InChI=1S/C18H19NO/c1-14(13-16-9-5-3-6-10-16)15(2)19-18(20)17-11-7-4-8-12-17/h3-13,15H,1-2H3,(H,19,20)/b14-13+/t15-/m1/s1. The van der Waals surface area contributed by atoms with E-state index in [4.69, 9.17) is 0 Å². The molecule has 2 heteroatoms. The molecule has 1 atom stereocenters. The van der Waals surface area contributed by atoms with E-state index in [2.05, 4.69) is 23.5 Å². The van der Waals surface area contributed by atoms with Crippen molar-refractivity contribution in [3.8, 4) is 0 Å². The molecule has 0 spiro atoms. The molecule has 2 aromatic carbocycles. The Bertz CT molecular complexity index is 587. The van der Waals surface area contributed by atoms with E-state index in [1.165, 1.54) is 0 Å². The van der Waals surface area contributed by atoms with Crippen LogP contribution in [0.4, 0.5) is 0 Å². The third-order valence-electron chi connectivity index (χ3n) is 3.26. The summed E-state index contributed by atoms with van der Waals surface area (Å²) in [4.78, 5) is 12.1. The Hall–Kier alpha value is -2.35. The lowest BCUT2D eigenvalue weighted by Crippen LogP contribution is -2.33. The number of hydrogen-bond acceptors (Lipinski definition) is 1. The second kappa shape index (κ2) is 6.71. The van der Waals surface area contributed by atoms with Gasteiger partial charge in [0.05, 0.1) is 0 Å². The lowest BCUT2D eigenvalue weighted by molar-refractivity contribution is 0.0945. The molecular formula is C18H19NO. The minimum absolute atomic E-state index is 0.00270. The molecule has 20 heavy (non-hydrogen) atoms. The molecule has 1 amide bonds. The molecule has 102 valence electrons. The molecule has 0 saturated carbocycles. The summed E-state index contributed by atoms with van der Waals surface area (Å²) in [5, 5.41) is 3.01. The molecule has 0 aliphatic carbocycles. The van der Waals surface area contributed by atoms with Crippen LogP contribution in [-0.2, 0) is 0 Å². The summed E-state index contributed by atoms with van der Waals surface area (Å²) in [5.74, 6) is -0.0427. The van der Waals surface area contributed by atoms with E-state index < -0.39 is 0 Å². The van der Waals surface area contributed by atoms with Gasteiger partial charge in [0.2, 0.25) is 0 Å². The first-order valence-electron chi connectivity index (χ1n) is 6.76. The monoisotopic (exact) mass is 265 g/mol. The first-order chi connectivity index (χ1) is 9.66. The Labute approximate surface area is 120 Å². The van der Waals surface area contributed by atoms with Gasteiger partial charge in [-0.3, -0.25) is 4.79 Å². The van der Waals surface area contributed by atoms with Gasteiger partial charge >= 0.3 is 0 Å². The van der Waals surface area contributed by atoms with E-state index in [1.807, 2.05) is 62.4 Å². The zero-order chi connectivity index (χ0) is 14.4. The van der Waals surface area contributed by atoms with Gasteiger partial charge in [-0.15, -0.1) is 0 Å². The van der Waals surface area contributed by atoms with E-state index in [-0.39, 0.29) is 11.9 Å². The summed E-state index contributed by atoms with van der Waals surface area (Å²) in [6, 6.07) is 19.4. The average Bonchev–Trinajstić information content (AvgIpc) is 2.49. The number of benzene rings is 2. The highest BCUT2D eigenvalue weighted by Gasteiger charge is 2.10. The van der Waals surface area contributed by atoms with E-state index in [9.17, 15) is 4.79 Å². The van der Waals surface area contributed by atoms with Gasteiger partial charge in [-0.1, -0.05) is 60.2 Å².